The molecule has 0 bridgehead atoms. The predicted octanol–water partition coefficient (Wildman–Crippen LogP) is 4.34. The molecular weight excluding hydrogens is 360 g/mol. The van der Waals surface area contributed by atoms with Gasteiger partial charge in [0.1, 0.15) is 5.82 Å². The number of rotatable bonds is 5. The molecular formula is C21H21ClN4O. The maximum Gasteiger partial charge on any atom is 0.294 e. The normalized spacial score (nSPS) is 13.6. The third-order valence-corrected chi connectivity index (χ3v) is 5.08. The van der Waals surface area contributed by atoms with Crippen molar-refractivity contribution in [2.24, 2.45) is 0 Å². The van der Waals surface area contributed by atoms with Crippen LogP contribution in [-0.2, 0) is 6.54 Å². The Balaban J connectivity index is 1.62. The number of hydrogen-bond donors (Lipinski definition) is 0. The van der Waals surface area contributed by atoms with Gasteiger partial charge in [-0.3, -0.25) is 4.79 Å². The average molecular weight is 381 g/mol. The number of carbonyl (C=O) groups excluding carboxylic acids is 1. The minimum Gasteiger partial charge on any atom is -0.329 e. The molecule has 0 saturated heterocycles. The first-order valence-corrected chi connectivity index (χ1v) is 9.46. The number of halogens is 1. The molecule has 0 radical (unpaired) electrons. The first-order valence-electron chi connectivity index (χ1n) is 9.08. The highest BCUT2D eigenvalue weighted by Gasteiger charge is 2.35. The van der Waals surface area contributed by atoms with E-state index in [1.54, 1.807) is 10.7 Å². The minimum absolute atomic E-state index is 0.132. The van der Waals surface area contributed by atoms with Crippen molar-refractivity contribution < 1.29 is 4.79 Å². The van der Waals surface area contributed by atoms with Gasteiger partial charge in [0.2, 0.25) is 5.82 Å². The molecule has 0 unspecified atom stereocenters. The molecule has 1 amide bonds. The number of amides is 1. The van der Waals surface area contributed by atoms with Crippen LogP contribution in [0, 0.1) is 13.8 Å². The number of para-hydroxylation sites is 1. The summed E-state index contributed by atoms with van der Waals surface area (Å²) in [4.78, 5) is 19.4. The lowest BCUT2D eigenvalue weighted by molar-refractivity contribution is 0.0717. The molecule has 27 heavy (non-hydrogen) atoms. The van der Waals surface area contributed by atoms with E-state index >= 15 is 0 Å². The molecule has 3 aromatic rings. The molecule has 1 aromatic heterocycles. The van der Waals surface area contributed by atoms with Crippen molar-refractivity contribution >= 4 is 17.5 Å². The maximum atomic E-state index is 13.1. The number of nitrogens with zero attached hydrogens (tertiary/aromatic N) is 4. The van der Waals surface area contributed by atoms with E-state index in [2.05, 4.69) is 41.3 Å². The molecule has 0 aliphatic heterocycles. The van der Waals surface area contributed by atoms with E-state index in [1.807, 2.05) is 30.0 Å². The van der Waals surface area contributed by atoms with E-state index in [9.17, 15) is 4.79 Å². The monoisotopic (exact) mass is 380 g/mol. The first kappa shape index (κ1) is 17.7. The fourth-order valence-electron chi connectivity index (χ4n) is 3.10. The zero-order valence-corrected chi connectivity index (χ0v) is 16.1. The van der Waals surface area contributed by atoms with Gasteiger partial charge in [-0.2, -0.15) is 0 Å². The molecule has 1 aliphatic carbocycles. The summed E-state index contributed by atoms with van der Waals surface area (Å²) in [6, 6.07) is 16.0. The fourth-order valence-corrected chi connectivity index (χ4v) is 3.32. The van der Waals surface area contributed by atoms with Crippen LogP contribution in [0.3, 0.4) is 0 Å². The van der Waals surface area contributed by atoms with Gasteiger partial charge < -0.3 is 4.90 Å². The van der Waals surface area contributed by atoms with Gasteiger partial charge >= 0.3 is 0 Å². The van der Waals surface area contributed by atoms with E-state index in [4.69, 9.17) is 11.6 Å². The third kappa shape index (κ3) is 3.74. The van der Waals surface area contributed by atoms with E-state index in [0.717, 1.165) is 24.1 Å². The van der Waals surface area contributed by atoms with Crippen LogP contribution >= 0.6 is 11.6 Å². The van der Waals surface area contributed by atoms with E-state index in [1.165, 1.54) is 5.56 Å². The summed E-state index contributed by atoms with van der Waals surface area (Å²) in [5, 5.41) is 5.03. The Labute approximate surface area is 163 Å². The highest BCUT2D eigenvalue weighted by molar-refractivity contribution is 6.32. The topological polar surface area (TPSA) is 51.0 Å². The molecule has 138 valence electrons. The molecule has 1 heterocycles. The Morgan fingerprint density at radius 1 is 1.15 bits per heavy atom. The molecule has 0 spiro atoms. The summed E-state index contributed by atoms with van der Waals surface area (Å²) in [5.41, 5.74) is 3.04. The van der Waals surface area contributed by atoms with Crippen molar-refractivity contribution in [1.82, 2.24) is 19.7 Å². The minimum atomic E-state index is -0.132. The summed E-state index contributed by atoms with van der Waals surface area (Å²) in [6.45, 7) is 4.46. The van der Waals surface area contributed by atoms with Gasteiger partial charge in [0.25, 0.3) is 5.91 Å². The second-order valence-corrected chi connectivity index (χ2v) is 7.40. The van der Waals surface area contributed by atoms with Gasteiger partial charge in [0.05, 0.1) is 10.7 Å². The summed E-state index contributed by atoms with van der Waals surface area (Å²) in [5.74, 6) is 0.718. The molecule has 6 heteroatoms. The fraction of sp³-hybridized carbons (Fsp3) is 0.286. The molecule has 1 saturated carbocycles. The predicted molar refractivity (Wildman–Crippen MR) is 105 cm³/mol. The molecule has 0 N–H and O–H groups in total. The van der Waals surface area contributed by atoms with E-state index in [-0.39, 0.29) is 17.8 Å². The largest absolute Gasteiger partial charge is 0.329 e. The number of hydrogen-bond acceptors (Lipinski definition) is 3. The van der Waals surface area contributed by atoms with Crippen LogP contribution in [0.25, 0.3) is 5.69 Å². The summed E-state index contributed by atoms with van der Waals surface area (Å²) in [7, 11) is 0. The van der Waals surface area contributed by atoms with Gasteiger partial charge in [-0.05, 0) is 44.4 Å². The van der Waals surface area contributed by atoms with Crippen molar-refractivity contribution in [3.05, 3.63) is 76.3 Å². The smallest absolute Gasteiger partial charge is 0.294 e. The standard InChI is InChI=1S/C21H21ClN4O/c1-14-7-9-16(10-8-14)13-25(17-11-12-17)21(27)20-23-15(2)26(24-20)19-6-4-3-5-18(19)22/h3-10,17H,11-13H2,1-2H3. The van der Waals surface area contributed by atoms with Gasteiger partial charge in [0.15, 0.2) is 0 Å². The van der Waals surface area contributed by atoms with Gasteiger partial charge in [-0.25, -0.2) is 9.67 Å². The molecule has 4 rings (SSSR count). The molecule has 1 aliphatic rings. The van der Waals surface area contributed by atoms with Crippen molar-refractivity contribution in [3.8, 4) is 5.69 Å². The zero-order chi connectivity index (χ0) is 19.0. The number of aryl methyl sites for hydroxylation is 2. The van der Waals surface area contributed by atoms with Crippen LogP contribution in [0.1, 0.15) is 40.4 Å². The van der Waals surface area contributed by atoms with Gasteiger partial charge in [0, 0.05) is 12.6 Å². The lowest BCUT2D eigenvalue weighted by Crippen LogP contribution is -2.33. The zero-order valence-electron chi connectivity index (χ0n) is 15.4. The Hall–Kier alpha value is -2.66. The average Bonchev–Trinajstić information content (AvgIpc) is 3.43. The van der Waals surface area contributed by atoms with E-state index in [0.29, 0.717) is 17.4 Å². The summed E-state index contributed by atoms with van der Waals surface area (Å²) in [6.07, 6.45) is 2.06. The van der Waals surface area contributed by atoms with Gasteiger partial charge in [-0.1, -0.05) is 53.6 Å². The van der Waals surface area contributed by atoms with Crippen molar-refractivity contribution in [1.29, 1.82) is 0 Å². The summed E-state index contributed by atoms with van der Waals surface area (Å²) >= 11 is 6.28. The molecule has 2 aromatic carbocycles. The SMILES string of the molecule is Cc1ccc(CN(C(=O)c2nc(C)n(-c3ccccc3Cl)n2)C2CC2)cc1. The van der Waals surface area contributed by atoms with Crippen LogP contribution in [0.2, 0.25) is 5.02 Å². The second-order valence-electron chi connectivity index (χ2n) is 7.00. The maximum absolute atomic E-state index is 13.1. The Morgan fingerprint density at radius 2 is 1.85 bits per heavy atom. The van der Waals surface area contributed by atoms with Crippen LogP contribution in [-0.4, -0.2) is 31.6 Å². The van der Waals surface area contributed by atoms with Crippen molar-refractivity contribution in [2.45, 2.75) is 39.3 Å². The van der Waals surface area contributed by atoms with Crippen LogP contribution in [0.5, 0.6) is 0 Å². The molecule has 0 atom stereocenters. The lowest BCUT2D eigenvalue weighted by Gasteiger charge is -2.21. The van der Waals surface area contributed by atoms with Crippen LogP contribution in [0.15, 0.2) is 48.5 Å². The second kappa shape index (κ2) is 7.16. The van der Waals surface area contributed by atoms with Crippen molar-refractivity contribution in [2.75, 3.05) is 0 Å². The number of carbonyl (C=O) groups is 1. The Morgan fingerprint density at radius 3 is 2.52 bits per heavy atom. The molecule has 1 fully saturated rings. The highest BCUT2D eigenvalue weighted by atomic mass is 35.5. The third-order valence-electron chi connectivity index (χ3n) is 4.76. The lowest BCUT2D eigenvalue weighted by atomic mass is 10.1. The number of aromatic nitrogens is 3. The van der Waals surface area contributed by atoms with Crippen LogP contribution in [0.4, 0.5) is 0 Å². The Bertz CT molecular complexity index is 976. The highest BCUT2D eigenvalue weighted by Crippen LogP contribution is 2.30. The Kier molecular flexibility index (Phi) is 4.70. The summed E-state index contributed by atoms with van der Waals surface area (Å²) < 4.78 is 1.63. The van der Waals surface area contributed by atoms with E-state index < -0.39 is 0 Å². The first-order chi connectivity index (χ1) is 13.0. The van der Waals surface area contributed by atoms with Gasteiger partial charge in [-0.15, -0.1) is 5.10 Å². The van der Waals surface area contributed by atoms with Crippen molar-refractivity contribution in [3.63, 3.8) is 0 Å². The quantitative estimate of drug-likeness (QED) is 0.661. The molecule has 5 nitrogen and oxygen atoms in total. The number of benzene rings is 2. The van der Waals surface area contributed by atoms with Crippen LogP contribution < -0.4 is 0 Å².